The number of hydrogen-bond acceptors (Lipinski definition) is 4. The topological polar surface area (TPSA) is 64.4 Å². The fourth-order valence-corrected chi connectivity index (χ4v) is 3.51. The van der Waals surface area contributed by atoms with E-state index in [1.54, 1.807) is 36.2 Å². The van der Waals surface area contributed by atoms with Gasteiger partial charge in [-0.25, -0.2) is 4.68 Å². The Balaban J connectivity index is 1.59. The van der Waals surface area contributed by atoms with Gasteiger partial charge in [0, 0.05) is 43.3 Å². The SMILES string of the molecule is CCOc1ccc(C(=O)CCC(=O)N(C)Cc2c(C)nn(-c3ccccc3)c2C)cc1. The molecule has 0 fully saturated rings. The zero-order valence-electron chi connectivity index (χ0n) is 18.6. The summed E-state index contributed by atoms with van der Waals surface area (Å²) in [6.07, 6.45) is 0.353. The summed E-state index contributed by atoms with van der Waals surface area (Å²) in [4.78, 5) is 26.8. The van der Waals surface area contributed by atoms with Gasteiger partial charge in [-0.05, 0) is 57.2 Å². The molecular formula is C25H29N3O3. The molecule has 0 spiro atoms. The van der Waals surface area contributed by atoms with Crippen LogP contribution in [-0.2, 0) is 11.3 Å². The largest absolute Gasteiger partial charge is 0.494 e. The fraction of sp³-hybridized carbons (Fsp3) is 0.320. The number of rotatable bonds is 9. The van der Waals surface area contributed by atoms with Crippen LogP contribution < -0.4 is 4.74 Å². The van der Waals surface area contributed by atoms with Crippen LogP contribution in [0.15, 0.2) is 54.6 Å². The van der Waals surface area contributed by atoms with Crippen LogP contribution in [0.3, 0.4) is 0 Å². The van der Waals surface area contributed by atoms with Crippen LogP contribution in [0, 0.1) is 13.8 Å². The number of ketones is 1. The van der Waals surface area contributed by atoms with Crippen molar-refractivity contribution in [3.8, 4) is 11.4 Å². The summed E-state index contributed by atoms with van der Waals surface area (Å²) >= 11 is 0. The fourth-order valence-electron chi connectivity index (χ4n) is 3.51. The average Bonchev–Trinajstić information content (AvgIpc) is 3.06. The summed E-state index contributed by atoms with van der Waals surface area (Å²) in [5.74, 6) is 0.622. The maximum Gasteiger partial charge on any atom is 0.223 e. The van der Waals surface area contributed by atoms with Gasteiger partial charge in [0.05, 0.1) is 18.0 Å². The molecule has 0 N–H and O–H groups in total. The number of para-hydroxylation sites is 1. The Morgan fingerprint density at radius 2 is 1.68 bits per heavy atom. The van der Waals surface area contributed by atoms with Crippen molar-refractivity contribution in [3.63, 3.8) is 0 Å². The molecule has 3 rings (SSSR count). The number of ether oxygens (including phenoxy) is 1. The van der Waals surface area contributed by atoms with Gasteiger partial charge in [0.2, 0.25) is 5.91 Å². The Kier molecular flexibility index (Phi) is 7.23. The van der Waals surface area contributed by atoms with Gasteiger partial charge in [0.25, 0.3) is 0 Å². The molecule has 1 heterocycles. The number of aromatic nitrogens is 2. The van der Waals surface area contributed by atoms with E-state index < -0.39 is 0 Å². The minimum Gasteiger partial charge on any atom is -0.494 e. The molecule has 0 radical (unpaired) electrons. The highest BCUT2D eigenvalue weighted by molar-refractivity contribution is 5.98. The van der Waals surface area contributed by atoms with E-state index in [9.17, 15) is 9.59 Å². The second-order valence-corrected chi connectivity index (χ2v) is 7.53. The first kappa shape index (κ1) is 22.3. The van der Waals surface area contributed by atoms with Gasteiger partial charge < -0.3 is 9.64 Å². The monoisotopic (exact) mass is 419 g/mol. The van der Waals surface area contributed by atoms with Gasteiger partial charge >= 0.3 is 0 Å². The van der Waals surface area contributed by atoms with Crippen molar-refractivity contribution in [1.82, 2.24) is 14.7 Å². The van der Waals surface area contributed by atoms with E-state index in [0.717, 1.165) is 28.4 Å². The highest BCUT2D eigenvalue weighted by Crippen LogP contribution is 2.20. The molecule has 0 saturated carbocycles. The van der Waals surface area contributed by atoms with E-state index in [0.29, 0.717) is 18.7 Å². The first-order valence-corrected chi connectivity index (χ1v) is 10.5. The maximum absolute atomic E-state index is 12.6. The van der Waals surface area contributed by atoms with E-state index in [2.05, 4.69) is 5.10 Å². The normalized spacial score (nSPS) is 10.7. The second-order valence-electron chi connectivity index (χ2n) is 7.53. The van der Waals surface area contributed by atoms with Crippen LogP contribution in [0.5, 0.6) is 5.75 Å². The molecule has 6 nitrogen and oxygen atoms in total. The maximum atomic E-state index is 12.6. The van der Waals surface area contributed by atoms with Crippen LogP contribution in [0.2, 0.25) is 0 Å². The predicted octanol–water partition coefficient (Wildman–Crippen LogP) is 4.51. The van der Waals surface area contributed by atoms with E-state index in [1.165, 1.54) is 0 Å². The third kappa shape index (κ3) is 5.40. The van der Waals surface area contributed by atoms with E-state index in [-0.39, 0.29) is 24.5 Å². The molecule has 2 aromatic carbocycles. The van der Waals surface area contributed by atoms with Gasteiger partial charge in [-0.3, -0.25) is 9.59 Å². The van der Waals surface area contributed by atoms with Crippen molar-refractivity contribution >= 4 is 11.7 Å². The summed E-state index contributed by atoms with van der Waals surface area (Å²) in [6, 6.07) is 17.0. The lowest BCUT2D eigenvalue weighted by molar-refractivity contribution is -0.130. The molecule has 0 aliphatic heterocycles. The lowest BCUT2D eigenvalue weighted by atomic mass is 10.1. The minimum atomic E-state index is -0.0643. The zero-order valence-corrected chi connectivity index (χ0v) is 18.6. The molecule has 3 aromatic rings. The first-order chi connectivity index (χ1) is 14.9. The van der Waals surface area contributed by atoms with Gasteiger partial charge in [0.15, 0.2) is 5.78 Å². The van der Waals surface area contributed by atoms with Gasteiger partial charge in [-0.15, -0.1) is 0 Å². The number of carbonyl (C=O) groups is 2. The van der Waals surface area contributed by atoms with Gasteiger partial charge in [0.1, 0.15) is 5.75 Å². The molecule has 1 aromatic heterocycles. The van der Waals surface area contributed by atoms with Gasteiger partial charge in [-0.1, -0.05) is 18.2 Å². The molecule has 0 bridgehead atoms. The van der Waals surface area contributed by atoms with E-state index >= 15 is 0 Å². The molecule has 0 aliphatic carbocycles. The third-order valence-corrected chi connectivity index (χ3v) is 5.32. The van der Waals surface area contributed by atoms with Crippen LogP contribution in [-0.4, -0.2) is 40.0 Å². The summed E-state index contributed by atoms with van der Waals surface area (Å²) in [5, 5.41) is 4.64. The number of carbonyl (C=O) groups excluding carboxylic acids is 2. The second kappa shape index (κ2) is 10.1. The summed E-state index contributed by atoms with van der Waals surface area (Å²) in [5.41, 5.74) is 4.51. The Morgan fingerprint density at radius 1 is 1.00 bits per heavy atom. The van der Waals surface area contributed by atoms with Crippen LogP contribution in [0.25, 0.3) is 5.69 Å². The molecule has 0 saturated heterocycles. The highest BCUT2D eigenvalue weighted by Gasteiger charge is 2.18. The lowest BCUT2D eigenvalue weighted by Gasteiger charge is -2.17. The number of nitrogens with zero attached hydrogens (tertiary/aromatic N) is 3. The predicted molar refractivity (Wildman–Crippen MR) is 121 cm³/mol. The average molecular weight is 420 g/mol. The van der Waals surface area contributed by atoms with Crippen LogP contribution in [0.4, 0.5) is 0 Å². The Labute approximate surface area is 183 Å². The van der Waals surface area contributed by atoms with Gasteiger partial charge in [-0.2, -0.15) is 5.10 Å². The number of benzene rings is 2. The Morgan fingerprint density at radius 3 is 2.32 bits per heavy atom. The summed E-state index contributed by atoms with van der Waals surface area (Å²) < 4.78 is 7.30. The smallest absolute Gasteiger partial charge is 0.223 e. The summed E-state index contributed by atoms with van der Waals surface area (Å²) in [7, 11) is 1.77. The lowest BCUT2D eigenvalue weighted by Crippen LogP contribution is -2.27. The molecule has 31 heavy (non-hydrogen) atoms. The molecule has 0 atom stereocenters. The molecule has 162 valence electrons. The quantitative estimate of drug-likeness (QED) is 0.479. The number of hydrogen-bond donors (Lipinski definition) is 0. The van der Waals surface area contributed by atoms with E-state index in [4.69, 9.17) is 4.74 Å². The first-order valence-electron chi connectivity index (χ1n) is 10.5. The van der Waals surface area contributed by atoms with Crippen molar-refractivity contribution in [3.05, 3.63) is 77.1 Å². The van der Waals surface area contributed by atoms with Crippen molar-refractivity contribution in [1.29, 1.82) is 0 Å². The van der Waals surface area contributed by atoms with Crippen molar-refractivity contribution < 1.29 is 14.3 Å². The summed E-state index contributed by atoms with van der Waals surface area (Å²) in [6.45, 7) is 6.92. The van der Waals surface area contributed by atoms with Crippen LogP contribution in [0.1, 0.15) is 47.1 Å². The Bertz CT molecular complexity index is 1040. The molecule has 6 heteroatoms. The van der Waals surface area contributed by atoms with E-state index in [1.807, 2.05) is 55.8 Å². The molecular weight excluding hydrogens is 390 g/mol. The minimum absolute atomic E-state index is 0.0472. The number of Topliss-reactive ketones (excluding diaryl/α,β-unsaturated/α-hetero) is 1. The van der Waals surface area contributed by atoms with Crippen molar-refractivity contribution in [2.75, 3.05) is 13.7 Å². The Hall–Kier alpha value is -3.41. The molecule has 0 aliphatic rings. The van der Waals surface area contributed by atoms with Crippen LogP contribution >= 0.6 is 0 Å². The standard InChI is InChI=1S/C25H29N3O3/c1-5-31-22-13-11-20(12-14-22)24(29)15-16-25(30)27(4)17-23-18(2)26-28(19(23)3)21-9-7-6-8-10-21/h6-14H,5,15-17H2,1-4H3. The molecule has 1 amide bonds. The third-order valence-electron chi connectivity index (χ3n) is 5.32. The zero-order chi connectivity index (χ0) is 22.4. The highest BCUT2D eigenvalue weighted by atomic mass is 16.5. The molecule has 0 unspecified atom stereocenters. The van der Waals surface area contributed by atoms with Crippen molar-refractivity contribution in [2.45, 2.75) is 40.2 Å². The number of amides is 1. The van der Waals surface area contributed by atoms with Crippen molar-refractivity contribution in [2.24, 2.45) is 0 Å². The number of aryl methyl sites for hydroxylation is 1.